The number of hydrogen-bond acceptors (Lipinski definition) is 0. The molecular weight excluding hydrogens is 225 g/mol. The number of halogens is 3. The van der Waals surface area contributed by atoms with Crippen LogP contribution in [0.1, 0.15) is 38.3 Å². The summed E-state index contributed by atoms with van der Waals surface area (Å²) >= 11 is 0. The molecule has 0 aromatic heterocycles. The number of rotatable bonds is 5. The van der Waals surface area contributed by atoms with Crippen LogP contribution in [-0.4, -0.2) is 5.92 Å². The summed E-state index contributed by atoms with van der Waals surface area (Å²) in [5.74, 6) is -3.06. The molecule has 0 fully saturated rings. The summed E-state index contributed by atoms with van der Waals surface area (Å²) in [6.45, 7) is 5.24. The third-order valence-electron chi connectivity index (χ3n) is 2.65. The number of alkyl halides is 2. The van der Waals surface area contributed by atoms with Crippen molar-refractivity contribution in [1.29, 1.82) is 0 Å². The summed E-state index contributed by atoms with van der Waals surface area (Å²) in [5, 5.41) is 0. The topological polar surface area (TPSA) is 0 Å². The Balaban J connectivity index is 3.04. The Morgan fingerprint density at radius 3 is 2.35 bits per heavy atom. The van der Waals surface area contributed by atoms with Crippen molar-refractivity contribution in [3.8, 4) is 0 Å². The van der Waals surface area contributed by atoms with E-state index in [-0.39, 0.29) is 5.56 Å². The Bertz CT molecular complexity index is 358. The van der Waals surface area contributed by atoms with Gasteiger partial charge < -0.3 is 0 Å². The van der Waals surface area contributed by atoms with Crippen LogP contribution in [0.2, 0.25) is 0 Å². The number of hydrogen-bond donors (Lipinski definition) is 0. The molecule has 0 bridgehead atoms. The van der Waals surface area contributed by atoms with E-state index < -0.39 is 18.5 Å². The highest BCUT2D eigenvalue weighted by atomic mass is 19.3. The van der Waals surface area contributed by atoms with Crippen molar-refractivity contribution < 1.29 is 13.2 Å². The van der Waals surface area contributed by atoms with Crippen molar-refractivity contribution in [2.45, 2.75) is 39.5 Å². The molecule has 0 saturated heterocycles. The fourth-order valence-electron chi connectivity index (χ4n) is 1.70. The Hall–Kier alpha value is -0.990. The van der Waals surface area contributed by atoms with Gasteiger partial charge in [-0.3, -0.25) is 0 Å². The Morgan fingerprint density at radius 1 is 1.24 bits per heavy atom. The van der Waals surface area contributed by atoms with E-state index in [1.54, 1.807) is 18.2 Å². The molecule has 0 unspecified atom stereocenters. The maximum absolute atomic E-state index is 13.8. The first-order chi connectivity index (χ1) is 7.88. The summed E-state index contributed by atoms with van der Waals surface area (Å²) in [7, 11) is 0. The van der Waals surface area contributed by atoms with Gasteiger partial charge in [0, 0.05) is 12.0 Å². The molecule has 1 aromatic carbocycles. The minimum atomic E-state index is -3.37. The molecule has 0 saturated carbocycles. The van der Waals surface area contributed by atoms with Crippen molar-refractivity contribution >= 4 is 0 Å². The molecule has 1 radical (unpaired) electrons. The molecule has 0 amide bonds. The molecule has 95 valence electrons. The second-order valence-corrected chi connectivity index (χ2v) is 4.63. The summed E-state index contributed by atoms with van der Waals surface area (Å²) < 4.78 is 40.5. The predicted octanol–water partition coefficient (Wildman–Crippen LogP) is 4.78. The third-order valence-corrected chi connectivity index (χ3v) is 2.65. The van der Waals surface area contributed by atoms with Gasteiger partial charge in [0.15, 0.2) is 0 Å². The molecule has 0 heterocycles. The van der Waals surface area contributed by atoms with Crippen molar-refractivity contribution in [2.75, 3.05) is 0 Å². The maximum atomic E-state index is 13.8. The average Bonchev–Trinajstić information content (AvgIpc) is 2.28. The van der Waals surface area contributed by atoms with Crippen LogP contribution in [0, 0.1) is 12.1 Å². The Kier molecular flexibility index (Phi) is 4.61. The highest BCUT2D eigenvalue weighted by Crippen LogP contribution is 2.38. The zero-order valence-corrected chi connectivity index (χ0v) is 10.4. The van der Waals surface area contributed by atoms with E-state index in [2.05, 4.69) is 0 Å². The van der Waals surface area contributed by atoms with E-state index in [1.807, 2.05) is 13.8 Å². The van der Waals surface area contributed by atoms with Crippen molar-refractivity contribution in [1.82, 2.24) is 0 Å². The van der Waals surface area contributed by atoms with Crippen LogP contribution in [-0.2, 0) is 6.42 Å². The lowest BCUT2D eigenvalue weighted by Gasteiger charge is -2.20. The molecule has 3 heteroatoms. The molecule has 0 spiro atoms. The van der Waals surface area contributed by atoms with Gasteiger partial charge in [-0.1, -0.05) is 45.0 Å². The van der Waals surface area contributed by atoms with Gasteiger partial charge in [0.2, 0.25) is 6.17 Å². The molecule has 0 nitrogen and oxygen atoms in total. The fourth-order valence-corrected chi connectivity index (χ4v) is 1.70. The molecule has 0 aliphatic carbocycles. The van der Waals surface area contributed by atoms with Gasteiger partial charge in [0.25, 0.3) is 5.92 Å². The molecule has 0 aliphatic rings. The zero-order valence-electron chi connectivity index (χ0n) is 10.4. The van der Waals surface area contributed by atoms with Gasteiger partial charge in [0.1, 0.15) is 0 Å². The average molecular weight is 243 g/mol. The zero-order chi connectivity index (χ0) is 13.1. The van der Waals surface area contributed by atoms with Crippen LogP contribution in [0.3, 0.4) is 0 Å². The summed E-state index contributed by atoms with van der Waals surface area (Å²) in [4.78, 5) is 0. The Labute approximate surface area is 101 Å². The third kappa shape index (κ3) is 3.48. The van der Waals surface area contributed by atoms with Crippen LogP contribution in [0.25, 0.3) is 0 Å². The summed E-state index contributed by atoms with van der Waals surface area (Å²) in [5.41, 5.74) is 0.696. The van der Waals surface area contributed by atoms with E-state index in [1.165, 1.54) is 13.0 Å². The van der Waals surface area contributed by atoms with Crippen LogP contribution >= 0.6 is 0 Å². The van der Waals surface area contributed by atoms with E-state index in [0.29, 0.717) is 17.9 Å². The predicted molar refractivity (Wildman–Crippen MR) is 63.7 cm³/mol. The SMILES string of the molecule is CCC(F)(F)[C](F)c1ccccc1CC(C)C. The number of benzene rings is 1. The molecule has 17 heavy (non-hydrogen) atoms. The Morgan fingerprint density at radius 2 is 1.82 bits per heavy atom. The maximum Gasteiger partial charge on any atom is 0.289 e. The second-order valence-electron chi connectivity index (χ2n) is 4.63. The van der Waals surface area contributed by atoms with Gasteiger partial charge in [-0.15, -0.1) is 0 Å². The van der Waals surface area contributed by atoms with E-state index >= 15 is 0 Å². The first-order valence-electron chi connectivity index (χ1n) is 5.87. The molecule has 0 atom stereocenters. The largest absolute Gasteiger partial charge is 0.289 e. The lowest BCUT2D eigenvalue weighted by atomic mass is 9.93. The second kappa shape index (κ2) is 5.56. The smallest absolute Gasteiger partial charge is 0.228 e. The first kappa shape index (κ1) is 14.1. The highest BCUT2D eigenvalue weighted by molar-refractivity contribution is 5.38. The van der Waals surface area contributed by atoms with Crippen molar-refractivity contribution in [3.63, 3.8) is 0 Å². The lowest BCUT2D eigenvalue weighted by molar-refractivity contribution is -0.0126. The van der Waals surface area contributed by atoms with Crippen molar-refractivity contribution in [3.05, 3.63) is 41.6 Å². The van der Waals surface area contributed by atoms with Gasteiger partial charge in [0.05, 0.1) is 0 Å². The van der Waals surface area contributed by atoms with E-state index in [9.17, 15) is 13.2 Å². The highest BCUT2D eigenvalue weighted by Gasteiger charge is 2.41. The van der Waals surface area contributed by atoms with Gasteiger partial charge >= 0.3 is 0 Å². The quantitative estimate of drug-likeness (QED) is 0.698. The van der Waals surface area contributed by atoms with Crippen molar-refractivity contribution in [2.24, 2.45) is 5.92 Å². The summed E-state index contributed by atoms with van der Waals surface area (Å²) in [6, 6.07) is 6.47. The fraction of sp³-hybridized carbons (Fsp3) is 0.500. The standard InChI is InChI=1S/C14H18F3/c1-4-14(16,17)13(15)12-8-6-5-7-11(12)9-10(2)3/h5-8,10H,4,9H2,1-3H3. The summed E-state index contributed by atoms with van der Waals surface area (Å²) in [6.07, 6.45) is -1.23. The van der Waals surface area contributed by atoms with Crippen LogP contribution in [0.4, 0.5) is 13.2 Å². The molecule has 0 N–H and O–H groups in total. The molecule has 1 rings (SSSR count). The van der Waals surface area contributed by atoms with Gasteiger partial charge in [-0.2, -0.15) is 0 Å². The normalized spacial score (nSPS) is 12.5. The van der Waals surface area contributed by atoms with Gasteiger partial charge in [-0.25, -0.2) is 13.2 Å². The first-order valence-corrected chi connectivity index (χ1v) is 5.87. The van der Waals surface area contributed by atoms with Crippen LogP contribution < -0.4 is 0 Å². The molecule has 1 aromatic rings. The monoisotopic (exact) mass is 243 g/mol. The van der Waals surface area contributed by atoms with E-state index in [0.717, 1.165) is 0 Å². The minimum Gasteiger partial charge on any atom is -0.228 e. The van der Waals surface area contributed by atoms with Gasteiger partial charge in [-0.05, 0) is 17.9 Å². The van der Waals surface area contributed by atoms with Crippen LogP contribution in [0.5, 0.6) is 0 Å². The lowest BCUT2D eigenvalue weighted by Crippen LogP contribution is -2.24. The minimum absolute atomic E-state index is 0.0491. The molecule has 0 aliphatic heterocycles. The van der Waals surface area contributed by atoms with Crippen LogP contribution in [0.15, 0.2) is 24.3 Å². The van der Waals surface area contributed by atoms with E-state index in [4.69, 9.17) is 0 Å². The molecular formula is C14H18F3.